The van der Waals surface area contributed by atoms with Crippen molar-refractivity contribution in [3.63, 3.8) is 0 Å². The first kappa shape index (κ1) is 49.5. The number of carbonyl (C=O) groups is 1. The van der Waals surface area contributed by atoms with Crippen molar-refractivity contribution in [1.29, 1.82) is 5.26 Å². The maximum atomic E-state index is 13.1. The summed E-state index contributed by atoms with van der Waals surface area (Å²) in [4.78, 5) is 14.4. The number of phenolic OH excluding ortho intramolecular Hbond substituents is 1. The fourth-order valence-corrected chi connectivity index (χ4v) is 10.2. The molecule has 0 spiro atoms. The predicted octanol–water partition coefficient (Wildman–Crippen LogP) is 9.37. The van der Waals surface area contributed by atoms with Crippen molar-refractivity contribution >= 4 is 140 Å². The molecule has 0 aliphatic heterocycles. The number of nitriles is 1. The van der Waals surface area contributed by atoms with Crippen molar-refractivity contribution in [1.82, 2.24) is 19.6 Å². The second-order valence-electron chi connectivity index (χ2n) is 13.1. The molecule has 0 radical (unpaired) electrons. The molecule has 352 valence electrons. The van der Waals surface area contributed by atoms with E-state index in [1.165, 1.54) is 23.1 Å². The van der Waals surface area contributed by atoms with Crippen LogP contribution in [0.15, 0.2) is 104 Å². The smallest absolute Gasteiger partial charge is 0.297 e. The first-order valence-electron chi connectivity index (χ1n) is 18.2. The Morgan fingerprint density at radius 1 is 0.868 bits per heavy atom. The summed E-state index contributed by atoms with van der Waals surface area (Å²) < 4.78 is 82.9. The number of para-hydroxylation sites is 2. The highest BCUT2D eigenvalue weighted by Gasteiger charge is 2.27. The lowest BCUT2D eigenvalue weighted by molar-refractivity contribution is -0.432. The molecule has 0 saturated heterocycles. The van der Waals surface area contributed by atoms with Crippen molar-refractivity contribution in [3.8, 4) is 17.7 Å². The molecule has 7 rings (SSSR count). The number of nitrogens with zero attached hydrogens (tertiary/aromatic N) is 11. The van der Waals surface area contributed by atoms with Crippen LogP contribution >= 0.6 is 47.2 Å². The van der Waals surface area contributed by atoms with E-state index >= 15 is 0 Å². The number of hydrogen-bond acceptors (Lipinski definition) is 27. The summed E-state index contributed by atoms with van der Waals surface area (Å²) in [5, 5.41) is 90.7. The molecule has 0 fully saturated rings. The van der Waals surface area contributed by atoms with Gasteiger partial charge >= 0.3 is 0 Å². The summed E-state index contributed by atoms with van der Waals surface area (Å²) in [6, 6.07) is 13.6. The molecule has 0 aliphatic rings. The Labute approximate surface area is 396 Å². The lowest BCUT2D eigenvalue weighted by atomic mass is 10.1. The topological polar surface area (TPSA) is 397 Å². The average molecular weight is 1050 g/mol. The van der Waals surface area contributed by atoms with E-state index in [9.17, 15) is 46.2 Å². The molecule has 1 amide bonds. The summed E-state index contributed by atoms with van der Waals surface area (Å²) in [5.41, 5.74) is -1.48. The van der Waals surface area contributed by atoms with E-state index in [0.717, 1.165) is 60.6 Å². The van der Waals surface area contributed by atoms with E-state index < -0.39 is 74.9 Å². The van der Waals surface area contributed by atoms with Gasteiger partial charge in [0.15, 0.2) is 21.4 Å². The Kier molecular flexibility index (Phi) is 15.2. The summed E-state index contributed by atoms with van der Waals surface area (Å²) in [6.07, 6.45) is 0. The molecule has 68 heavy (non-hydrogen) atoms. The number of fused-ring (bicyclic) bond motifs is 4. The van der Waals surface area contributed by atoms with Gasteiger partial charge in [0.1, 0.15) is 44.2 Å². The maximum Gasteiger partial charge on any atom is 0.297 e. The zero-order chi connectivity index (χ0) is 48.9. The SMILES string of the molecule is CC(=O)Nc1cc(N=Nc2c(SOOO)cc3c(S(=O)(=O)O)c(N=Nc4c(C)c(C#N)c5nc6ccccc6n5c4O)ccc3c2O)c(S(=O)(=O)O)cc1N=Nc1nnc(SCCSOOO)s1. The quantitative estimate of drug-likeness (QED) is 0.00799. The Morgan fingerprint density at radius 3 is 2.29 bits per heavy atom. The number of phenols is 1. The zero-order valence-electron chi connectivity index (χ0n) is 33.8. The minimum Gasteiger partial charge on any atom is -0.505 e. The van der Waals surface area contributed by atoms with Crippen LogP contribution < -0.4 is 5.32 Å². The molecule has 27 nitrogen and oxygen atoms in total. The third-order valence-electron chi connectivity index (χ3n) is 8.92. The van der Waals surface area contributed by atoms with Crippen LogP contribution in [-0.4, -0.2) is 83.7 Å². The van der Waals surface area contributed by atoms with Gasteiger partial charge in [-0.25, -0.2) is 15.5 Å². The van der Waals surface area contributed by atoms with E-state index in [-0.39, 0.29) is 56.4 Å². The van der Waals surface area contributed by atoms with Crippen LogP contribution in [0.25, 0.3) is 27.5 Å². The first-order chi connectivity index (χ1) is 32.4. The number of benzene rings is 4. The van der Waals surface area contributed by atoms with Crippen molar-refractivity contribution in [2.24, 2.45) is 30.7 Å². The highest BCUT2D eigenvalue weighted by Crippen LogP contribution is 2.48. The molecule has 0 bridgehead atoms. The maximum absolute atomic E-state index is 13.1. The number of rotatable bonds is 18. The summed E-state index contributed by atoms with van der Waals surface area (Å²) in [6.45, 7) is 2.57. The van der Waals surface area contributed by atoms with Crippen molar-refractivity contribution in [2.75, 3.05) is 16.8 Å². The fraction of sp³-hybridized carbons (Fsp3) is 0.114. The van der Waals surface area contributed by atoms with Crippen molar-refractivity contribution in [2.45, 2.75) is 32.9 Å². The number of nitrogens with one attached hydrogen (secondary N) is 1. The van der Waals surface area contributed by atoms with Crippen molar-refractivity contribution in [3.05, 3.63) is 65.7 Å². The number of pyridine rings is 1. The van der Waals surface area contributed by atoms with Crippen LogP contribution in [0.2, 0.25) is 0 Å². The number of anilines is 1. The Hall–Kier alpha value is -6.36. The molecule has 0 unspecified atom stereocenters. The molecule has 33 heteroatoms. The summed E-state index contributed by atoms with van der Waals surface area (Å²) in [7, 11) is -10.5. The fourth-order valence-electron chi connectivity index (χ4n) is 6.20. The molecule has 3 heterocycles. The van der Waals surface area contributed by atoms with Gasteiger partial charge in [0.25, 0.3) is 25.4 Å². The third kappa shape index (κ3) is 10.7. The van der Waals surface area contributed by atoms with Gasteiger partial charge in [-0.2, -0.15) is 22.1 Å². The van der Waals surface area contributed by atoms with Gasteiger partial charge in [0.05, 0.1) is 33.7 Å². The lowest BCUT2D eigenvalue weighted by Gasteiger charge is -2.13. The Morgan fingerprint density at radius 2 is 1.59 bits per heavy atom. The normalized spacial score (nSPS) is 12.4. The average Bonchev–Trinajstić information content (AvgIpc) is 3.91. The van der Waals surface area contributed by atoms with Gasteiger partial charge < -0.3 is 15.5 Å². The van der Waals surface area contributed by atoms with Crippen LogP contribution in [0.3, 0.4) is 0 Å². The number of aromatic hydroxyl groups is 2. The second kappa shape index (κ2) is 20.9. The van der Waals surface area contributed by atoms with E-state index in [2.05, 4.69) is 69.9 Å². The third-order valence-corrected chi connectivity index (χ3v) is 14.1. The molecule has 7 N–H and O–H groups in total. The number of aromatic nitrogens is 4. The monoisotopic (exact) mass is 1050 g/mol. The molecule has 0 aliphatic carbocycles. The number of hydrogen-bond donors (Lipinski definition) is 7. The summed E-state index contributed by atoms with van der Waals surface area (Å²) >= 11 is 3.19. The van der Waals surface area contributed by atoms with Crippen LogP contribution in [0.4, 0.5) is 39.3 Å². The lowest BCUT2D eigenvalue weighted by Crippen LogP contribution is -2.07. The van der Waals surface area contributed by atoms with Gasteiger partial charge in [-0.15, -0.1) is 49.6 Å². The van der Waals surface area contributed by atoms with Gasteiger partial charge in [-0.1, -0.05) is 45.3 Å². The standard InChI is InChI=1S/C35H26N12O15S6/c1-15-19(14-36)32-38-20-5-3-4-6-25(20)47(32)33(50)28(15)42-39-21-8-7-17-18(31(21)68(56,57)58)11-26(66-62-60-52)29(30(17)49)43-41-24-12-22(37-16(2)48)23(13-27(24)67(53,54)55)40-44-34-45-46-35(65-34)63-9-10-64-61-59-51/h3-8,11-13,49-52H,9-10H2,1-2H3,(H,37,48)(H,53,54,55)(H,56,57,58). The molecule has 3 aromatic heterocycles. The first-order valence-corrected chi connectivity index (χ1v) is 24.5. The molecule has 7 aromatic rings. The van der Waals surface area contributed by atoms with Gasteiger partial charge in [-0.05, 0) is 49.4 Å². The van der Waals surface area contributed by atoms with E-state index in [1.54, 1.807) is 24.3 Å². The largest absolute Gasteiger partial charge is 0.505 e. The van der Waals surface area contributed by atoms with Crippen LogP contribution in [0.1, 0.15) is 18.1 Å². The summed E-state index contributed by atoms with van der Waals surface area (Å²) in [5.74, 6) is -1.21. The molecular weight excluding hydrogens is 1020 g/mol. The predicted molar refractivity (Wildman–Crippen MR) is 241 cm³/mol. The highest BCUT2D eigenvalue weighted by molar-refractivity contribution is 8.02. The molecular formula is C35H26N12O15S6. The van der Waals surface area contributed by atoms with Crippen LogP contribution in [0, 0.1) is 18.3 Å². The number of carbonyl (C=O) groups excluding carboxylic acids is 1. The minimum absolute atomic E-state index is 0.00385. The van der Waals surface area contributed by atoms with E-state index in [1.807, 2.05) is 6.07 Å². The molecule has 0 saturated carbocycles. The number of thioether (sulfide) groups is 1. The van der Waals surface area contributed by atoms with Gasteiger partial charge in [0.2, 0.25) is 11.8 Å². The molecule has 0 atom stereocenters. The second-order valence-corrected chi connectivity index (χ2v) is 19.7. The van der Waals surface area contributed by atoms with Crippen LogP contribution in [-0.2, 0) is 43.8 Å². The van der Waals surface area contributed by atoms with Gasteiger partial charge in [-0.3, -0.25) is 18.3 Å². The number of amides is 1. The minimum atomic E-state index is -5.29. The van der Waals surface area contributed by atoms with Crippen molar-refractivity contribution < 1.29 is 70.2 Å². The molecule has 4 aromatic carbocycles. The Balaban J connectivity index is 1.31. The Bertz CT molecular complexity index is 3510. The van der Waals surface area contributed by atoms with E-state index in [4.69, 9.17) is 10.5 Å². The number of imidazole rings is 1. The number of azo groups is 3. The van der Waals surface area contributed by atoms with Crippen LogP contribution in [0.5, 0.6) is 11.6 Å². The highest BCUT2D eigenvalue weighted by atomic mass is 32.2. The van der Waals surface area contributed by atoms with Gasteiger partial charge in [0, 0.05) is 46.8 Å². The zero-order valence-corrected chi connectivity index (χ0v) is 38.7. The van der Waals surface area contributed by atoms with E-state index in [0.29, 0.717) is 26.9 Å².